The van der Waals surface area contributed by atoms with Crippen molar-refractivity contribution in [2.24, 2.45) is 0 Å². The second kappa shape index (κ2) is 6.56. The number of hydrogen-bond donors (Lipinski definition) is 1. The van der Waals surface area contributed by atoms with Crippen molar-refractivity contribution in [2.45, 2.75) is 19.5 Å². The summed E-state index contributed by atoms with van der Waals surface area (Å²) >= 11 is 0. The van der Waals surface area contributed by atoms with Crippen molar-refractivity contribution in [3.8, 4) is 0 Å². The Bertz CT molecular complexity index is 426. The van der Waals surface area contributed by atoms with Gasteiger partial charge in [-0.2, -0.15) is 13.2 Å². The van der Waals surface area contributed by atoms with Crippen molar-refractivity contribution in [3.63, 3.8) is 0 Å². The molecule has 0 heterocycles. The van der Waals surface area contributed by atoms with Gasteiger partial charge in [0.25, 0.3) is 0 Å². The number of carbonyl (C=O) groups is 1. The average molecular weight is 275 g/mol. The molecule has 1 aromatic rings. The largest absolute Gasteiger partial charge is 0.417 e. The number of benzene rings is 1. The van der Waals surface area contributed by atoms with Crippen LogP contribution in [0.25, 0.3) is 0 Å². The number of aliphatic hydroxyl groups excluding tert-OH is 1. The summed E-state index contributed by atoms with van der Waals surface area (Å²) in [5, 5.41) is 8.93. The SMILES string of the molecule is CCCN(CCO)c1ccc(C=O)c(C(F)(F)F)c1. The van der Waals surface area contributed by atoms with Crippen LogP contribution in [0.15, 0.2) is 18.2 Å². The summed E-state index contributed by atoms with van der Waals surface area (Å²) in [6.45, 7) is 2.55. The predicted octanol–water partition coefficient (Wildman–Crippen LogP) is 2.73. The van der Waals surface area contributed by atoms with Crippen molar-refractivity contribution >= 4 is 12.0 Å². The molecule has 0 bridgehead atoms. The van der Waals surface area contributed by atoms with E-state index in [0.717, 1.165) is 18.6 Å². The van der Waals surface area contributed by atoms with Crippen LogP contribution in [0.3, 0.4) is 0 Å². The lowest BCUT2D eigenvalue weighted by Gasteiger charge is -2.24. The second-order valence-electron chi connectivity index (χ2n) is 4.10. The number of halogens is 3. The lowest BCUT2D eigenvalue weighted by molar-refractivity contribution is -0.137. The summed E-state index contributed by atoms with van der Waals surface area (Å²) in [5.74, 6) is 0. The monoisotopic (exact) mass is 275 g/mol. The van der Waals surface area contributed by atoms with E-state index in [0.29, 0.717) is 12.2 Å². The quantitative estimate of drug-likeness (QED) is 0.811. The number of hydrogen-bond acceptors (Lipinski definition) is 3. The topological polar surface area (TPSA) is 40.5 Å². The predicted molar refractivity (Wildman–Crippen MR) is 66.4 cm³/mol. The van der Waals surface area contributed by atoms with Crippen molar-refractivity contribution in [1.82, 2.24) is 0 Å². The molecule has 1 rings (SSSR count). The maximum atomic E-state index is 12.8. The molecule has 0 aliphatic heterocycles. The van der Waals surface area contributed by atoms with Crippen molar-refractivity contribution in [3.05, 3.63) is 29.3 Å². The first-order valence-electron chi connectivity index (χ1n) is 5.96. The zero-order valence-corrected chi connectivity index (χ0v) is 10.6. The van der Waals surface area contributed by atoms with E-state index in [9.17, 15) is 18.0 Å². The smallest absolute Gasteiger partial charge is 0.395 e. The van der Waals surface area contributed by atoms with Gasteiger partial charge in [0, 0.05) is 24.3 Å². The van der Waals surface area contributed by atoms with E-state index >= 15 is 0 Å². The molecular formula is C13H16F3NO2. The second-order valence-corrected chi connectivity index (χ2v) is 4.10. The highest BCUT2D eigenvalue weighted by Crippen LogP contribution is 2.34. The molecular weight excluding hydrogens is 259 g/mol. The third-order valence-corrected chi connectivity index (χ3v) is 2.70. The van der Waals surface area contributed by atoms with Crippen LogP contribution in [0.4, 0.5) is 18.9 Å². The Kier molecular flexibility index (Phi) is 5.35. The number of rotatable bonds is 6. The molecule has 0 amide bonds. The fourth-order valence-electron chi connectivity index (χ4n) is 1.85. The van der Waals surface area contributed by atoms with Crippen LogP contribution >= 0.6 is 0 Å². The molecule has 0 aliphatic rings. The third kappa shape index (κ3) is 3.96. The highest BCUT2D eigenvalue weighted by atomic mass is 19.4. The van der Waals surface area contributed by atoms with Crippen molar-refractivity contribution in [1.29, 1.82) is 0 Å². The average Bonchev–Trinajstić information content (AvgIpc) is 2.37. The molecule has 106 valence electrons. The van der Waals surface area contributed by atoms with E-state index in [1.807, 2.05) is 6.92 Å². The van der Waals surface area contributed by atoms with Crippen LogP contribution in [0.5, 0.6) is 0 Å². The highest BCUT2D eigenvalue weighted by molar-refractivity contribution is 5.79. The van der Waals surface area contributed by atoms with Gasteiger partial charge in [0.1, 0.15) is 0 Å². The van der Waals surface area contributed by atoms with Gasteiger partial charge < -0.3 is 10.0 Å². The minimum absolute atomic E-state index is 0.142. The van der Waals surface area contributed by atoms with Crippen LogP contribution in [0.2, 0.25) is 0 Å². The Labute approximate surface area is 109 Å². The van der Waals surface area contributed by atoms with Gasteiger partial charge in [-0.25, -0.2) is 0 Å². The maximum Gasteiger partial charge on any atom is 0.417 e. The Morgan fingerprint density at radius 3 is 2.47 bits per heavy atom. The minimum atomic E-state index is -4.57. The molecule has 0 atom stereocenters. The van der Waals surface area contributed by atoms with Crippen LogP contribution < -0.4 is 4.90 Å². The van der Waals surface area contributed by atoms with Crippen LogP contribution in [-0.4, -0.2) is 31.1 Å². The fraction of sp³-hybridized carbons (Fsp3) is 0.462. The molecule has 0 aromatic heterocycles. The van der Waals surface area contributed by atoms with Crippen LogP contribution in [0.1, 0.15) is 29.3 Å². The third-order valence-electron chi connectivity index (χ3n) is 2.70. The van der Waals surface area contributed by atoms with Gasteiger partial charge in [0.2, 0.25) is 0 Å². The molecule has 0 unspecified atom stereocenters. The van der Waals surface area contributed by atoms with Gasteiger partial charge in [-0.05, 0) is 24.6 Å². The van der Waals surface area contributed by atoms with Gasteiger partial charge in [-0.15, -0.1) is 0 Å². The molecule has 3 nitrogen and oxygen atoms in total. The van der Waals surface area contributed by atoms with Crippen molar-refractivity contribution in [2.75, 3.05) is 24.6 Å². The Hall–Kier alpha value is -1.56. The van der Waals surface area contributed by atoms with Crippen molar-refractivity contribution < 1.29 is 23.1 Å². The Balaban J connectivity index is 3.19. The van der Waals surface area contributed by atoms with E-state index < -0.39 is 11.7 Å². The van der Waals surface area contributed by atoms with Gasteiger partial charge in [-0.1, -0.05) is 6.92 Å². The fourth-order valence-corrected chi connectivity index (χ4v) is 1.85. The number of carbonyl (C=O) groups excluding carboxylic acids is 1. The summed E-state index contributed by atoms with van der Waals surface area (Å²) in [6, 6.07) is 3.57. The van der Waals surface area contributed by atoms with Gasteiger partial charge in [0.15, 0.2) is 6.29 Å². The van der Waals surface area contributed by atoms with E-state index in [1.165, 1.54) is 6.07 Å². The van der Waals surface area contributed by atoms with Crippen LogP contribution in [-0.2, 0) is 6.18 Å². The maximum absolute atomic E-state index is 12.8. The lowest BCUT2D eigenvalue weighted by Crippen LogP contribution is -2.27. The van der Waals surface area contributed by atoms with E-state index in [2.05, 4.69) is 0 Å². The summed E-state index contributed by atoms with van der Waals surface area (Å²) in [6.07, 6.45) is -3.62. The molecule has 1 N–H and O–H groups in total. The standard InChI is InChI=1S/C13H16F3NO2/c1-2-5-17(6-7-18)11-4-3-10(9-19)12(8-11)13(14,15)16/h3-4,8-9,18H,2,5-7H2,1H3. The number of aliphatic hydroxyl groups is 1. The Morgan fingerprint density at radius 1 is 1.32 bits per heavy atom. The summed E-state index contributed by atoms with van der Waals surface area (Å²) in [5.41, 5.74) is -0.968. The zero-order chi connectivity index (χ0) is 14.5. The molecule has 0 saturated carbocycles. The highest BCUT2D eigenvalue weighted by Gasteiger charge is 2.33. The summed E-state index contributed by atoms with van der Waals surface area (Å²) in [4.78, 5) is 12.3. The molecule has 0 spiro atoms. The molecule has 0 radical (unpaired) electrons. The lowest BCUT2D eigenvalue weighted by atomic mass is 10.1. The molecule has 6 heteroatoms. The molecule has 0 fully saturated rings. The van der Waals surface area contributed by atoms with Gasteiger partial charge >= 0.3 is 6.18 Å². The molecule has 19 heavy (non-hydrogen) atoms. The number of aldehydes is 1. The summed E-state index contributed by atoms with van der Waals surface area (Å²) < 4.78 is 38.5. The number of anilines is 1. The first-order valence-corrected chi connectivity index (χ1v) is 5.96. The number of nitrogens with zero attached hydrogens (tertiary/aromatic N) is 1. The van der Waals surface area contributed by atoms with Crippen LogP contribution in [0, 0.1) is 0 Å². The molecule has 1 aromatic carbocycles. The molecule has 0 saturated heterocycles. The first-order chi connectivity index (χ1) is 8.93. The van der Waals surface area contributed by atoms with Gasteiger partial charge in [0.05, 0.1) is 12.2 Å². The summed E-state index contributed by atoms with van der Waals surface area (Å²) in [7, 11) is 0. The first kappa shape index (κ1) is 15.5. The van der Waals surface area contributed by atoms with Gasteiger partial charge in [-0.3, -0.25) is 4.79 Å². The normalized spacial score (nSPS) is 11.4. The minimum Gasteiger partial charge on any atom is -0.395 e. The van der Waals surface area contributed by atoms with E-state index in [1.54, 1.807) is 4.90 Å². The zero-order valence-electron chi connectivity index (χ0n) is 10.6. The van der Waals surface area contributed by atoms with E-state index in [-0.39, 0.29) is 25.0 Å². The number of alkyl halides is 3. The van der Waals surface area contributed by atoms with E-state index in [4.69, 9.17) is 5.11 Å². The molecule has 0 aliphatic carbocycles. The Morgan fingerprint density at radius 2 is 2.00 bits per heavy atom.